The van der Waals surface area contributed by atoms with Gasteiger partial charge in [-0.2, -0.15) is 0 Å². The monoisotopic (exact) mass is 420 g/mol. The summed E-state index contributed by atoms with van der Waals surface area (Å²) in [4.78, 5) is 30.7. The first kappa shape index (κ1) is 19.7. The zero-order valence-electron chi connectivity index (χ0n) is 15.7. The van der Waals surface area contributed by atoms with Crippen molar-refractivity contribution in [2.75, 3.05) is 36.9 Å². The number of hydrogen-bond donors (Lipinski definition) is 2. The lowest BCUT2D eigenvalue weighted by Gasteiger charge is -2.37. The Kier molecular flexibility index (Phi) is 5.74. The van der Waals surface area contributed by atoms with E-state index in [4.69, 9.17) is 9.47 Å². The summed E-state index contributed by atoms with van der Waals surface area (Å²) >= 11 is 1.24. The van der Waals surface area contributed by atoms with Gasteiger partial charge in [-0.25, -0.2) is 14.2 Å². The molecule has 2 aliphatic heterocycles. The molecule has 3 amide bonds. The molecule has 0 bridgehead atoms. The number of carbonyl (C=O) groups excluding carboxylic acids is 2. The summed E-state index contributed by atoms with van der Waals surface area (Å²) in [6.45, 7) is 2.40. The van der Waals surface area contributed by atoms with Crippen molar-refractivity contribution in [2.24, 2.45) is 0 Å². The molecule has 0 atom stereocenters. The molecule has 2 aromatic rings. The summed E-state index contributed by atoms with van der Waals surface area (Å²) in [7, 11) is 0. The van der Waals surface area contributed by atoms with Crippen LogP contribution in [0.1, 0.15) is 18.5 Å². The molecule has 8 nitrogen and oxygen atoms in total. The van der Waals surface area contributed by atoms with Crippen LogP contribution in [-0.2, 0) is 20.7 Å². The smallest absolute Gasteiger partial charge is 0.325 e. The number of aromatic nitrogens is 1. The van der Waals surface area contributed by atoms with Gasteiger partial charge in [0.1, 0.15) is 5.82 Å². The first-order chi connectivity index (χ1) is 14.0. The normalized spacial score (nSPS) is 18.0. The van der Waals surface area contributed by atoms with Crippen LogP contribution in [0.3, 0.4) is 0 Å². The van der Waals surface area contributed by atoms with E-state index in [0.29, 0.717) is 55.7 Å². The SMILES string of the molecule is O=C(Nc1ccc(F)cc1)Nc1nc(CC(=O)N2CCC3(CC2)OCCO3)cs1. The summed E-state index contributed by atoms with van der Waals surface area (Å²) in [6.07, 6.45) is 1.52. The van der Waals surface area contributed by atoms with Crippen molar-refractivity contribution in [2.45, 2.75) is 25.0 Å². The third-order valence-electron chi connectivity index (χ3n) is 4.90. The molecule has 2 N–H and O–H groups in total. The van der Waals surface area contributed by atoms with E-state index in [2.05, 4.69) is 15.6 Å². The van der Waals surface area contributed by atoms with E-state index in [9.17, 15) is 14.0 Å². The Hall–Kier alpha value is -2.56. The lowest BCUT2D eigenvalue weighted by Crippen LogP contribution is -2.47. The molecule has 1 aromatic heterocycles. The predicted molar refractivity (Wildman–Crippen MR) is 105 cm³/mol. The fourth-order valence-corrected chi connectivity index (χ4v) is 4.09. The zero-order chi connectivity index (χ0) is 20.3. The highest BCUT2D eigenvalue weighted by Gasteiger charge is 2.40. The second kappa shape index (κ2) is 8.44. The van der Waals surface area contributed by atoms with Crippen LogP contribution >= 0.6 is 11.3 Å². The van der Waals surface area contributed by atoms with Crippen molar-refractivity contribution >= 4 is 34.1 Å². The van der Waals surface area contributed by atoms with Crippen molar-refractivity contribution < 1.29 is 23.5 Å². The maximum Gasteiger partial charge on any atom is 0.325 e. The van der Waals surface area contributed by atoms with Gasteiger partial charge in [0.15, 0.2) is 10.9 Å². The van der Waals surface area contributed by atoms with Gasteiger partial charge < -0.3 is 19.7 Å². The van der Waals surface area contributed by atoms with E-state index < -0.39 is 11.8 Å². The van der Waals surface area contributed by atoms with Crippen LogP contribution < -0.4 is 10.6 Å². The minimum Gasteiger partial charge on any atom is -0.347 e. The molecule has 1 spiro atoms. The molecule has 4 rings (SSSR count). The third kappa shape index (κ3) is 4.89. The van der Waals surface area contributed by atoms with Gasteiger partial charge in [0.2, 0.25) is 5.91 Å². The first-order valence-corrected chi connectivity index (χ1v) is 10.2. The molecule has 0 saturated carbocycles. The molecule has 3 heterocycles. The predicted octanol–water partition coefficient (Wildman–Crippen LogP) is 2.83. The molecular weight excluding hydrogens is 399 g/mol. The molecule has 0 radical (unpaired) electrons. The van der Waals surface area contributed by atoms with Gasteiger partial charge in [0, 0.05) is 37.0 Å². The number of rotatable bonds is 4. The number of nitrogens with one attached hydrogen (secondary N) is 2. The summed E-state index contributed by atoms with van der Waals surface area (Å²) in [5.74, 6) is -0.894. The Morgan fingerprint density at radius 2 is 1.83 bits per heavy atom. The minimum atomic E-state index is -0.508. The third-order valence-corrected chi connectivity index (χ3v) is 5.70. The molecule has 2 fully saturated rings. The topological polar surface area (TPSA) is 92.8 Å². The number of piperidine rings is 1. The van der Waals surface area contributed by atoms with Crippen LogP contribution in [0.2, 0.25) is 0 Å². The highest BCUT2D eigenvalue weighted by molar-refractivity contribution is 7.14. The number of urea groups is 1. The van der Waals surface area contributed by atoms with Crippen LogP contribution in [-0.4, -0.2) is 53.9 Å². The number of nitrogens with zero attached hydrogens (tertiary/aromatic N) is 2. The first-order valence-electron chi connectivity index (χ1n) is 9.35. The molecular formula is C19H21FN4O4S. The van der Waals surface area contributed by atoms with Crippen LogP contribution in [0.5, 0.6) is 0 Å². The Bertz CT molecular complexity index is 873. The molecule has 10 heteroatoms. The molecule has 0 unspecified atom stereocenters. The standard InChI is InChI=1S/C19H21FN4O4S/c20-13-1-3-14(4-2-13)21-17(26)23-18-22-15(12-29-18)11-16(25)24-7-5-19(6-8-24)27-9-10-28-19/h1-4,12H,5-11H2,(H2,21,22,23,26). The highest BCUT2D eigenvalue weighted by atomic mass is 32.1. The molecule has 0 aliphatic carbocycles. The second-order valence-corrected chi connectivity index (χ2v) is 7.75. The Morgan fingerprint density at radius 1 is 1.14 bits per heavy atom. The van der Waals surface area contributed by atoms with E-state index >= 15 is 0 Å². The van der Waals surface area contributed by atoms with Crippen LogP contribution in [0, 0.1) is 5.82 Å². The quantitative estimate of drug-likeness (QED) is 0.794. The van der Waals surface area contributed by atoms with Gasteiger partial charge in [-0.05, 0) is 24.3 Å². The fraction of sp³-hybridized carbons (Fsp3) is 0.421. The fourth-order valence-electron chi connectivity index (χ4n) is 3.39. The average Bonchev–Trinajstić information content (AvgIpc) is 3.34. The second-order valence-electron chi connectivity index (χ2n) is 6.90. The van der Waals surface area contributed by atoms with Crippen LogP contribution in [0.4, 0.5) is 20.0 Å². The Balaban J connectivity index is 1.26. The van der Waals surface area contributed by atoms with E-state index in [-0.39, 0.29) is 18.1 Å². The lowest BCUT2D eigenvalue weighted by molar-refractivity contribution is -0.187. The van der Waals surface area contributed by atoms with Crippen LogP contribution in [0.25, 0.3) is 0 Å². The van der Waals surface area contributed by atoms with Crippen LogP contribution in [0.15, 0.2) is 29.6 Å². The van der Waals surface area contributed by atoms with Crippen molar-refractivity contribution in [1.82, 2.24) is 9.88 Å². The van der Waals surface area contributed by atoms with Gasteiger partial charge in [-0.3, -0.25) is 10.1 Å². The van der Waals surface area contributed by atoms with E-state index in [1.165, 1.54) is 35.6 Å². The molecule has 1 aromatic carbocycles. The number of carbonyl (C=O) groups is 2. The number of halogens is 1. The summed E-state index contributed by atoms with van der Waals surface area (Å²) in [6, 6.07) is 4.96. The number of benzene rings is 1. The number of thiazole rings is 1. The Labute approximate surface area is 171 Å². The maximum atomic E-state index is 12.9. The van der Waals surface area contributed by atoms with Gasteiger partial charge in [0.25, 0.3) is 0 Å². The molecule has 2 aliphatic rings. The average molecular weight is 420 g/mol. The summed E-state index contributed by atoms with van der Waals surface area (Å²) in [5.41, 5.74) is 1.07. The summed E-state index contributed by atoms with van der Waals surface area (Å²) < 4.78 is 24.3. The van der Waals surface area contributed by atoms with Gasteiger partial charge in [-0.15, -0.1) is 11.3 Å². The molecule has 29 heavy (non-hydrogen) atoms. The molecule has 154 valence electrons. The van der Waals surface area contributed by atoms with Gasteiger partial charge >= 0.3 is 6.03 Å². The minimum absolute atomic E-state index is 0.00883. The number of likely N-dealkylation sites (tertiary alicyclic amines) is 1. The highest BCUT2D eigenvalue weighted by Crippen LogP contribution is 2.31. The molecule has 2 saturated heterocycles. The van der Waals surface area contributed by atoms with E-state index in [0.717, 1.165) is 0 Å². The van der Waals surface area contributed by atoms with Gasteiger partial charge in [0.05, 0.1) is 25.3 Å². The number of amides is 3. The number of anilines is 2. The summed E-state index contributed by atoms with van der Waals surface area (Å²) in [5, 5.41) is 7.35. The van der Waals surface area contributed by atoms with Crippen molar-refractivity contribution in [1.29, 1.82) is 0 Å². The largest absolute Gasteiger partial charge is 0.347 e. The van der Waals surface area contributed by atoms with Crippen molar-refractivity contribution in [3.05, 3.63) is 41.2 Å². The maximum absolute atomic E-state index is 12.9. The van der Waals surface area contributed by atoms with Crippen molar-refractivity contribution in [3.8, 4) is 0 Å². The van der Waals surface area contributed by atoms with E-state index in [1.54, 1.807) is 10.3 Å². The van der Waals surface area contributed by atoms with Crippen molar-refractivity contribution in [3.63, 3.8) is 0 Å². The number of ether oxygens (including phenoxy) is 2. The van der Waals surface area contributed by atoms with E-state index in [1.807, 2.05) is 0 Å². The van der Waals surface area contributed by atoms with Gasteiger partial charge in [-0.1, -0.05) is 0 Å². The lowest BCUT2D eigenvalue weighted by atomic mass is 10.0. The Morgan fingerprint density at radius 3 is 2.52 bits per heavy atom. The number of hydrogen-bond acceptors (Lipinski definition) is 6. The zero-order valence-corrected chi connectivity index (χ0v) is 16.5.